The summed E-state index contributed by atoms with van der Waals surface area (Å²) >= 11 is 1.11. The van der Waals surface area contributed by atoms with E-state index >= 15 is 0 Å². The van der Waals surface area contributed by atoms with Crippen molar-refractivity contribution in [2.24, 2.45) is 11.7 Å². The molecule has 0 bridgehead atoms. The Morgan fingerprint density at radius 3 is 2.38 bits per heavy atom. The third-order valence-electron chi connectivity index (χ3n) is 4.85. The number of thiazole rings is 1. The second kappa shape index (κ2) is 12.4. The van der Waals surface area contributed by atoms with Crippen LogP contribution in [0.2, 0.25) is 0 Å². The van der Waals surface area contributed by atoms with Gasteiger partial charge in [-0.1, -0.05) is 30.4 Å². The number of amides is 3. The van der Waals surface area contributed by atoms with E-state index in [2.05, 4.69) is 20.9 Å². The molecule has 0 aliphatic rings. The summed E-state index contributed by atoms with van der Waals surface area (Å²) in [6.45, 7) is 2.95. The Morgan fingerprint density at radius 2 is 1.79 bits per heavy atom. The van der Waals surface area contributed by atoms with E-state index in [9.17, 15) is 29.1 Å². The highest BCUT2D eigenvalue weighted by Gasteiger charge is 2.25. The van der Waals surface area contributed by atoms with Crippen molar-refractivity contribution in [3.63, 3.8) is 0 Å². The number of hydrogen-bond acceptors (Lipinski definition) is 9. The molecule has 0 unspecified atom stereocenters. The molecule has 182 valence electrons. The first-order valence-electron chi connectivity index (χ1n) is 10.4. The fourth-order valence-electron chi connectivity index (χ4n) is 2.91. The number of phenols is 1. The lowest BCUT2D eigenvalue weighted by Gasteiger charge is -2.21. The standard InChI is InChI=1S/C22H27N5O6S/c1-12(7-16(30)9-24-22-25-10-17(11-28)34-22)20(32)26-13(2)21(33)27-18(19(23)31)8-14-3-5-15(29)6-4-14/h3-6,10-13,18,29H,7-9H2,1-2H3,(H2,23,31)(H,24,25)(H,26,32)(H,27,33)/t12-,13+,18+/m1/s1. The maximum absolute atomic E-state index is 12.5. The number of phenolic OH excluding ortho intramolecular Hbond substituents is 1. The molecule has 11 nitrogen and oxygen atoms in total. The van der Waals surface area contributed by atoms with Gasteiger partial charge in [-0.2, -0.15) is 0 Å². The van der Waals surface area contributed by atoms with Gasteiger partial charge in [-0.15, -0.1) is 0 Å². The number of benzene rings is 1. The molecule has 0 spiro atoms. The zero-order chi connectivity index (χ0) is 25.3. The van der Waals surface area contributed by atoms with E-state index in [-0.39, 0.29) is 30.9 Å². The van der Waals surface area contributed by atoms with Crippen LogP contribution in [-0.2, 0) is 25.6 Å². The smallest absolute Gasteiger partial charge is 0.242 e. The average molecular weight is 490 g/mol. The first-order chi connectivity index (χ1) is 16.1. The molecule has 2 rings (SSSR count). The van der Waals surface area contributed by atoms with Crippen molar-refractivity contribution in [3.8, 4) is 5.75 Å². The Morgan fingerprint density at radius 1 is 1.12 bits per heavy atom. The molecule has 0 aliphatic heterocycles. The molecule has 1 aromatic carbocycles. The molecule has 6 N–H and O–H groups in total. The van der Waals surface area contributed by atoms with Crippen molar-refractivity contribution >= 4 is 46.3 Å². The minimum atomic E-state index is -1.01. The molecule has 3 amide bonds. The van der Waals surface area contributed by atoms with Gasteiger partial charge >= 0.3 is 0 Å². The fourth-order valence-corrected chi connectivity index (χ4v) is 3.54. The molecule has 3 atom stereocenters. The minimum Gasteiger partial charge on any atom is -0.508 e. The van der Waals surface area contributed by atoms with Crippen molar-refractivity contribution in [2.75, 3.05) is 11.9 Å². The molecular formula is C22H27N5O6S. The van der Waals surface area contributed by atoms with Crippen LogP contribution in [0.15, 0.2) is 30.5 Å². The normalized spacial score (nSPS) is 13.2. The number of nitrogens with zero attached hydrogens (tertiary/aromatic N) is 1. The lowest BCUT2D eigenvalue weighted by Crippen LogP contribution is -2.53. The number of ketones is 1. The minimum absolute atomic E-state index is 0.0585. The third kappa shape index (κ3) is 8.28. The number of aldehydes is 1. The highest BCUT2D eigenvalue weighted by molar-refractivity contribution is 7.17. The number of aromatic nitrogens is 1. The van der Waals surface area contributed by atoms with Gasteiger partial charge in [-0.25, -0.2) is 4.98 Å². The fraction of sp³-hybridized carbons (Fsp3) is 0.364. The number of nitrogens with two attached hydrogens (primary N) is 1. The average Bonchev–Trinajstić information content (AvgIpc) is 3.26. The quantitative estimate of drug-likeness (QED) is 0.250. The maximum atomic E-state index is 12.5. The molecule has 1 heterocycles. The number of anilines is 1. The van der Waals surface area contributed by atoms with Gasteiger partial charge in [0.25, 0.3) is 0 Å². The second-order valence-electron chi connectivity index (χ2n) is 7.75. The summed E-state index contributed by atoms with van der Waals surface area (Å²) in [5.41, 5.74) is 6.07. The molecule has 0 fully saturated rings. The van der Waals surface area contributed by atoms with Crippen LogP contribution in [0.5, 0.6) is 5.75 Å². The first-order valence-corrected chi connectivity index (χ1v) is 11.2. The van der Waals surface area contributed by atoms with Crippen LogP contribution in [0.4, 0.5) is 5.13 Å². The Kier molecular flexibility index (Phi) is 9.68. The molecule has 1 aromatic heterocycles. The van der Waals surface area contributed by atoms with Gasteiger partial charge in [0, 0.05) is 18.8 Å². The van der Waals surface area contributed by atoms with Crippen LogP contribution in [0, 0.1) is 5.92 Å². The summed E-state index contributed by atoms with van der Waals surface area (Å²) < 4.78 is 0. The highest BCUT2D eigenvalue weighted by atomic mass is 32.1. The zero-order valence-corrected chi connectivity index (χ0v) is 19.6. The van der Waals surface area contributed by atoms with Crippen LogP contribution in [0.25, 0.3) is 0 Å². The molecule has 0 radical (unpaired) electrons. The summed E-state index contributed by atoms with van der Waals surface area (Å²) in [6.07, 6.45) is 2.10. The van der Waals surface area contributed by atoms with E-state index in [0.29, 0.717) is 21.9 Å². The number of nitrogens with one attached hydrogen (secondary N) is 3. The number of primary amides is 1. The topological polar surface area (TPSA) is 181 Å². The van der Waals surface area contributed by atoms with Gasteiger partial charge in [-0.3, -0.25) is 24.0 Å². The van der Waals surface area contributed by atoms with Gasteiger partial charge in [0.1, 0.15) is 17.8 Å². The van der Waals surface area contributed by atoms with E-state index < -0.39 is 35.7 Å². The van der Waals surface area contributed by atoms with E-state index in [4.69, 9.17) is 5.73 Å². The first kappa shape index (κ1) is 26.5. The van der Waals surface area contributed by atoms with E-state index in [0.717, 1.165) is 11.3 Å². The largest absolute Gasteiger partial charge is 0.508 e. The van der Waals surface area contributed by atoms with Crippen molar-refractivity contribution in [2.45, 2.75) is 38.8 Å². The van der Waals surface area contributed by atoms with E-state index in [1.807, 2.05) is 0 Å². The lowest BCUT2D eigenvalue weighted by atomic mass is 10.0. The number of carbonyl (C=O) groups excluding carboxylic acids is 5. The third-order valence-corrected chi connectivity index (χ3v) is 5.73. The van der Waals surface area contributed by atoms with Gasteiger partial charge in [-0.05, 0) is 24.6 Å². The molecular weight excluding hydrogens is 462 g/mol. The number of carbonyl (C=O) groups is 5. The number of aromatic hydroxyl groups is 1. The second-order valence-corrected chi connectivity index (χ2v) is 8.81. The Hall–Kier alpha value is -3.80. The zero-order valence-electron chi connectivity index (χ0n) is 18.7. The SMILES string of the molecule is C[C@H](CC(=O)CNc1ncc(C=O)s1)C(=O)N[C@@H](C)C(=O)N[C@@H](Cc1ccc(O)cc1)C(N)=O. The molecule has 0 aliphatic carbocycles. The van der Waals surface area contributed by atoms with Crippen LogP contribution in [-0.4, -0.2) is 58.5 Å². The number of Topliss-reactive ketones (excluding diaryl/α,β-unsaturated/α-hetero) is 1. The Labute approximate surface area is 200 Å². The Balaban J connectivity index is 1.81. The molecule has 0 saturated heterocycles. The number of hydrogen-bond donors (Lipinski definition) is 5. The van der Waals surface area contributed by atoms with Crippen LogP contribution in [0.3, 0.4) is 0 Å². The highest BCUT2D eigenvalue weighted by Crippen LogP contribution is 2.16. The summed E-state index contributed by atoms with van der Waals surface area (Å²) in [5.74, 6) is -2.72. The van der Waals surface area contributed by atoms with Gasteiger partial charge < -0.3 is 26.8 Å². The summed E-state index contributed by atoms with van der Waals surface area (Å²) in [4.78, 5) is 63.9. The van der Waals surface area contributed by atoms with Crippen molar-refractivity contribution in [1.82, 2.24) is 15.6 Å². The monoisotopic (exact) mass is 489 g/mol. The predicted molar refractivity (Wildman–Crippen MR) is 125 cm³/mol. The van der Waals surface area contributed by atoms with Gasteiger partial charge in [0.15, 0.2) is 17.2 Å². The maximum Gasteiger partial charge on any atom is 0.242 e. The summed E-state index contributed by atoms with van der Waals surface area (Å²) in [6, 6.07) is 4.14. The van der Waals surface area contributed by atoms with Crippen LogP contribution < -0.4 is 21.7 Å². The summed E-state index contributed by atoms with van der Waals surface area (Å²) in [5, 5.41) is 17.6. The van der Waals surface area contributed by atoms with E-state index in [1.165, 1.54) is 25.3 Å². The molecule has 2 aromatic rings. The Bertz CT molecular complexity index is 1040. The predicted octanol–water partition coefficient (Wildman–Crippen LogP) is 0.386. The summed E-state index contributed by atoms with van der Waals surface area (Å²) in [7, 11) is 0. The van der Waals surface area contributed by atoms with Gasteiger partial charge in [0.05, 0.1) is 17.6 Å². The van der Waals surface area contributed by atoms with Crippen LogP contribution >= 0.6 is 11.3 Å². The molecule has 12 heteroatoms. The van der Waals surface area contributed by atoms with Crippen molar-refractivity contribution in [3.05, 3.63) is 40.9 Å². The number of rotatable bonds is 13. The van der Waals surface area contributed by atoms with Crippen molar-refractivity contribution < 1.29 is 29.1 Å². The molecule has 0 saturated carbocycles. The van der Waals surface area contributed by atoms with Gasteiger partial charge in [0.2, 0.25) is 17.7 Å². The molecule has 34 heavy (non-hydrogen) atoms. The lowest BCUT2D eigenvalue weighted by molar-refractivity contribution is -0.133. The van der Waals surface area contributed by atoms with Crippen LogP contribution in [0.1, 0.15) is 35.5 Å². The van der Waals surface area contributed by atoms with Crippen molar-refractivity contribution in [1.29, 1.82) is 0 Å². The van der Waals surface area contributed by atoms with E-state index in [1.54, 1.807) is 19.1 Å².